The Balaban J connectivity index is 2.32. The fourth-order valence-corrected chi connectivity index (χ4v) is 1.94. The number of hydrogen-bond acceptors (Lipinski definition) is 4. The maximum atomic E-state index is 12.1. The van der Waals surface area contributed by atoms with Gasteiger partial charge in [-0.05, 0) is 18.6 Å². The van der Waals surface area contributed by atoms with Crippen molar-refractivity contribution < 1.29 is 14.7 Å². The first-order chi connectivity index (χ1) is 10.4. The van der Waals surface area contributed by atoms with Gasteiger partial charge < -0.3 is 10.4 Å². The van der Waals surface area contributed by atoms with E-state index in [0.717, 1.165) is 16.0 Å². The molecule has 0 aliphatic carbocycles. The van der Waals surface area contributed by atoms with E-state index in [1.165, 1.54) is 26.4 Å². The van der Waals surface area contributed by atoms with Gasteiger partial charge in [-0.25, -0.2) is 9.78 Å². The molecular weight excluding hydrogens is 282 g/mol. The van der Waals surface area contributed by atoms with Crippen LogP contribution in [-0.2, 0) is 0 Å². The number of benzene rings is 1. The molecule has 0 atom stereocenters. The number of urea groups is 1. The highest BCUT2D eigenvalue weighted by Gasteiger charge is 2.22. The van der Waals surface area contributed by atoms with Crippen molar-refractivity contribution in [1.82, 2.24) is 15.2 Å². The number of pyridine rings is 1. The summed E-state index contributed by atoms with van der Waals surface area (Å²) in [5.41, 5.74) is 2.53. The monoisotopic (exact) mass is 299 g/mol. The van der Waals surface area contributed by atoms with Crippen LogP contribution in [0.5, 0.6) is 5.75 Å². The van der Waals surface area contributed by atoms with E-state index >= 15 is 0 Å². The van der Waals surface area contributed by atoms with Gasteiger partial charge in [0.25, 0.3) is 5.91 Å². The molecule has 3 amide bonds. The fraction of sp³-hybridized carbons (Fsp3) is 0.188. The lowest BCUT2D eigenvalue weighted by atomic mass is 10.1. The Bertz CT molecular complexity index is 711. The van der Waals surface area contributed by atoms with Gasteiger partial charge in [0.15, 0.2) is 5.69 Å². The number of carbonyl (C=O) groups is 2. The number of aromatic hydroxyl groups is 1. The van der Waals surface area contributed by atoms with Crippen molar-refractivity contribution in [1.29, 1.82) is 0 Å². The van der Waals surface area contributed by atoms with Gasteiger partial charge in [-0.1, -0.05) is 29.8 Å². The number of aryl methyl sites for hydroxylation is 1. The molecule has 2 N–H and O–H groups in total. The van der Waals surface area contributed by atoms with Crippen LogP contribution in [0.4, 0.5) is 4.79 Å². The number of nitrogens with one attached hydrogen (secondary N) is 1. The first kappa shape index (κ1) is 15.5. The van der Waals surface area contributed by atoms with Gasteiger partial charge in [0.2, 0.25) is 0 Å². The van der Waals surface area contributed by atoms with Crippen LogP contribution < -0.4 is 5.32 Å². The lowest BCUT2D eigenvalue weighted by Crippen LogP contribution is -2.39. The molecule has 1 aromatic heterocycles. The zero-order valence-corrected chi connectivity index (χ0v) is 12.6. The molecule has 0 saturated heterocycles. The third-order valence-electron chi connectivity index (χ3n) is 3.28. The number of aromatic nitrogens is 1. The summed E-state index contributed by atoms with van der Waals surface area (Å²) in [5, 5.41) is 12.4. The average molecular weight is 299 g/mol. The standard InChI is InChI=1S/C16H17N3O3/c1-10-4-6-11(7-5-10)12-8-13(20)14(18-9-12)15(21)19(3)16(22)17-2/h4-9,20H,1-3H3,(H,17,22). The molecule has 114 valence electrons. The summed E-state index contributed by atoms with van der Waals surface area (Å²) in [6.45, 7) is 1.98. The van der Waals surface area contributed by atoms with E-state index in [1.54, 1.807) is 0 Å². The van der Waals surface area contributed by atoms with Crippen molar-refractivity contribution in [3.05, 3.63) is 47.8 Å². The molecule has 0 fully saturated rings. The summed E-state index contributed by atoms with van der Waals surface area (Å²) in [6.07, 6.45) is 1.50. The maximum absolute atomic E-state index is 12.1. The molecule has 1 aromatic carbocycles. The van der Waals surface area contributed by atoms with Gasteiger partial charge in [0.1, 0.15) is 5.75 Å². The number of hydrogen-bond donors (Lipinski definition) is 2. The molecule has 6 heteroatoms. The summed E-state index contributed by atoms with van der Waals surface area (Å²) >= 11 is 0. The smallest absolute Gasteiger partial charge is 0.323 e. The Hall–Kier alpha value is -2.89. The largest absolute Gasteiger partial charge is 0.505 e. The molecule has 6 nitrogen and oxygen atoms in total. The van der Waals surface area contributed by atoms with Crippen molar-refractivity contribution in [2.45, 2.75) is 6.92 Å². The van der Waals surface area contributed by atoms with Crippen molar-refractivity contribution in [3.8, 4) is 16.9 Å². The Morgan fingerprint density at radius 1 is 1.18 bits per heavy atom. The molecule has 0 aliphatic heterocycles. The Kier molecular flexibility index (Phi) is 4.41. The highest BCUT2D eigenvalue weighted by atomic mass is 16.3. The SMILES string of the molecule is CNC(=O)N(C)C(=O)c1ncc(-c2ccc(C)cc2)cc1O. The third-order valence-corrected chi connectivity index (χ3v) is 3.28. The Morgan fingerprint density at radius 3 is 2.36 bits per heavy atom. The number of rotatable bonds is 2. The summed E-state index contributed by atoms with van der Waals surface area (Å²) < 4.78 is 0. The predicted octanol–water partition coefficient (Wildman–Crippen LogP) is 2.17. The minimum atomic E-state index is -0.674. The molecule has 0 spiro atoms. The van der Waals surface area contributed by atoms with E-state index in [0.29, 0.717) is 5.56 Å². The molecule has 0 saturated carbocycles. The summed E-state index contributed by atoms with van der Waals surface area (Å²) in [5.74, 6) is -0.939. The number of nitrogens with zero attached hydrogens (tertiary/aromatic N) is 2. The third kappa shape index (κ3) is 3.06. The number of imide groups is 1. The molecule has 2 rings (SSSR count). The van der Waals surface area contributed by atoms with Crippen LogP contribution >= 0.6 is 0 Å². The molecule has 0 unspecified atom stereocenters. The zero-order valence-electron chi connectivity index (χ0n) is 12.6. The summed E-state index contributed by atoms with van der Waals surface area (Å²) in [7, 11) is 2.73. The molecule has 22 heavy (non-hydrogen) atoms. The maximum Gasteiger partial charge on any atom is 0.323 e. The van der Waals surface area contributed by atoms with Crippen molar-refractivity contribution in [2.24, 2.45) is 0 Å². The van der Waals surface area contributed by atoms with Gasteiger partial charge in [-0.2, -0.15) is 0 Å². The van der Waals surface area contributed by atoms with Crippen molar-refractivity contribution in [3.63, 3.8) is 0 Å². The molecular formula is C16H17N3O3. The average Bonchev–Trinajstić information content (AvgIpc) is 2.53. The van der Waals surface area contributed by atoms with Gasteiger partial charge in [-0.15, -0.1) is 0 Å². The molecule has 2 aromatic rings. The van der Waals surface area contributed by atoms with Gasteiger partial charge in [0.05, 0.1) is 0 Å². The van der Waals surface area contributed by atoms with Crippen LogP contribution in [0.2, 0.25) is 0 Å². The lowest BCUT2D eigenvalue weighted by molar-refractivity contribution is 0.0824. The summed E-state index contributed by atoms with van der Waals surface area (Å²) in [6, 6.07) is 8.60. The highest BCUT2D eigenvalue weighted by Crippen LogP contribution is 2.25. The Morgan fingerprint density at radius 2 is 1.82 bits per heavy atom. The first-order valence-corrected chi connectivity index (χ1v) is 6.70. The van der Waals surface area contributed by atoms with E-state index in [4.69, 9.17) is 0 Å². The Labute approximate surface area is 128 Å². The highest BCUT2D eigenvalue weighted by molar-refractivity contribution is 6.04. The van der Waals surface area contributed by atoms with E-state index in [9.17, 15) is 14.7 Å². The zero-order chi connectivity index (χ0) is 16.3. The second kappa shape index (κ2) is 6.26. The van der Waals surface area contributed by atoms with Crippen molar-refractivity contribution >= 4 is 11.9 Å². The second-order valence-corrected chi connectivity index (χ2v) is 4.88. The van der Waals surface area contributed by atoms with Crippen LogP contribution in [0, 0.1) is 6.92 Å². The minimum absolute atomic E-state index is 0.165. The van der Waals surface area contributed by atoms with Crippen molar-refractivity contribution in [2.75, 3.05) is 14.1 Å². The topological polar surface area (TPSA) is 82.5 Å². The van der Waals surface area contributed by atoms with E-state index in [1.807, 2.05) is 31.2 Å². The number of amides is 3. The van der Waals surface area contributed by atoms with Crippen LogP contribution in [0.3, 0.4) is 0 Å². The predicted molar refractivity (Wildman–Crippen MR) is 82.6 cm³/mol. The van der Waals surface area contributed by atoms with Crippen LogP contribution in [0.15, 0.2) is 36.5 Å². The number of carbonyl (C=O) groups excluding carboxylic acids is 2. The normalized spacial score (nSPS) is 10.1. The molecule has 0 aliphatic rings. The fourth-order valence-electron chi connectivity index (χ4n) is 1.94. The van der Waals surface area contributed by atoms with Crippen LogP contribution in [0.25, 0.3) is 11.1 Å². The quantitative estimate of drug-likeness (QED) is 0.890. The van der Waals surface area contributed by atoms with Gasteiger partial charge in [-0.3, -0.25) is 9.69 Å². The molecule has 1 heterocycles. The van der Waals surface area contributed by atoms with Crippen LogP contribution in [0.1, 0.15) is 16.1 Å². The lowest BCUT2D eigenvalue weighted by Gasteiger charge is -2.15. The van der Waals surface area contributed by atoms with Crippen LogP contribution in [-0.4, -0.2) is 41.0 Å². The van der Waals surface area contributed by atoms with Gasteiger partial charge in [0, 0.05) is 25.9 Å². The van der Waals surface area contributed by atoms with E-state index in [-0.39, 0.29) is 11.4 Å². The minimum Gasteiger partial charge on any atom is -0.505 e. The molecule has 0 radical (unpaired) electrons. The first-order valence-electron chi connectivity index (χ1n) is 6.70. The summed E-state index contributed by atoms with van der Waals surface area (Å²) in [4.78, 5) is 28.4. The van der Waals surface area contributed by atoms with Gasteiger partial charge >= 0.3 is 6.03 Å². The second-order valence-electron chi connectivity index (χ2n) is 4.88. The van der Waals surface area contributed by atoms with E-state index in [2.05, 4.69) is 10.3 Å². The molecule has 0 bridgehead atoms. The van der Waals surface area contributed by atoms with E-state index < -0.39 is 11.9 Å².